The molecule has 0 bridgehead atoms. The van der Waals surface area contributed by atoms with Crippen molar-refractivity contribution in [1.29, 1.82) is 0 Å². The summed E-state index contributed by atoms with van der Waals surface area (Å²) in [5.74, 6) is 1.15. The summed E-state index contributed by atoms with van der Waals surface area (Å²) in [7, 11) is 0.429. The number of benzene rings is 2. The van der Waals surface area contributed by atoms with Crippen LogP contribution in [0.15, 0.2) is 47.4 Å². The van der Waals surface area contributed by atoms with Gasteiger partial charge in [0.05, 0.1) is 33.6 Å². The van der Waals surface area contributed by atoms with Crippen LogP contribution in [0.1, 0.15) is 11.1 Å². The zero-order valence-electron chi connectivity index (χ0n) is 11.1. The molecule has 1 atom stereocenters. The first-order chi connectivity index (χ1) is 9.65. The van der Waals surface area contributed by atoms with Crippen molar-refractivity contribution in [3.8, 4) is 5.75 Å². The summed E-state index contributed by atoms with van der Waals surface area (Å²) in [5, 5.41) is 0.526. The molecule has 106 valence electrons. The topological polar surface area (TPSA) is 52.3 Å². The number of methoxy groups -OCH3 is 1. The van der Waals surface area contributed by atoms with Crippen LogP contribution in [0.2, 0.25) is 5.02 Å². The molecule has 0 aliphatic heterocycles. The molecule has 0 saturated carbocycles. The van der Waals surface area contributed by atoms with Gasteiger partial charge in [-0.2, -0.15) is 0 Å². The molecule has 2 N–H and O–H groups in total. The Morgan fingerprint density at radius 3 is 2.65 bits per heavy atom. The number of nitrogens with two attached hydrogens (primary N) is 1. The minimum absolute atomic E-state index is 0.385. The summed E-state index contributed by atoms with van der Waals surface area (Å²) >= 11 is 6.06. The fourth-order valence-corrected chi connectivity index (χ4v) is 3.49. The molecule has 2 aromatic rings. The number of rotatable bonds is 5. The van der Waals surface area contributed by atoms with Crippen LogP contribution in [-0.2, 0) is 23.1 Å². The highest BCUT2D eigenvalue weighted by Gasteiger charge is 2.10. The Kier molecular flexibility index (Phi) is 5.17. The lowest BCUT2D eigenvalue weighted by Gasteiger charge is -2.09. The number of ether oxygens (including phenoxy) is 1. The molecule has 1 unspecified atom stereocenters. The van der Waals surface area contributed by atoms with Gasteiger partial charge in [-0.15, -0.1) is 0 Å². The van der Waals surface area contributed by atoms with E-state index >= 15 is 0 Å². The van der Waals surface area contributed by atoms with Gasteiger partial charge >= 0.3 is 0 Å². The van der Waals surface area contributed by atoms with Crippen molar-refractivity contribution in [2.75, 3.05) is 7.11 Å². The van der Waals surface area contributed by atoms with E-state index in [0.29, 0.717) is 22.2 Å². The Balaban J connectivity index is 2.22. The third-order valence-corrected chi connectivity index (χ3v) is 4.83. The van der Waals surface area contributed by atoms with E-state index in [4.69, 9.17) is 22.1 Å². The molecule has 2 aromatic carbocycles. The molecule has 5 heteroatoms. The van der Waals surface area contributed by atoms with Gasteiger partial charge in [0.25, 0.3) is 0 Å². The Bertz CT molecular complexity index is 631. The standard InChI is InChI=1S/C15H16ClNO2S/c1-19-14-7-6-11(8-12(14)9-17)10-20(18)15-5-3-2-4-13(15)16/h2-8H,9-10,17H2,1H3. The lowest BCUT2D eigenvalue weighted by Crippen LogP contribution is -2.03. The van der Waals surface area contributed by atoms with Gasteiger partial charge in [-0.1, -0.05) is 29.8 Å². The predicted octanol–water partition coefficient (Wildman–Crippen LogP) is 3.12. The molecular weight excluding hydrogens is 294 g/mol. The molecule has 0 saturated heterocycles. The van der Waals surface area contributed by atoms with Crippen LogP contribution in [0.25, 0.3) is 0 Å². The van der Waals surface area contributed by atoms with Gasteiger partial charge in [0, 0.05) is 12.1 Å². The molecule has 0 radical (unpaired) electrons. The van der Waals surface area contributed by atoms with Gasteiger partial charge < -0.3 is 10.5 Å². The minimum atomic E-state index is -1.18. The first-order valence-electron chi connectivity index (χ1n) is 6.14. The van der Waals surface area contributed by atoms with Gasteiger partial charge in [-0.05, 0) is 29.8 Å². The van der Waals surface area contributed by atoms with Crippen molar-refractivity contribution >= 4 is 22.4 Å². The minimum Gasteiger partial charge on any atom is -0.496 e. The lowest BCUT2D eigenvalue weighted by atomic mass is 10.1. The molecule has 0 aliphatic carbocycles. The van der Waals surface area contributed by atoms with Crippen LogP contribution in [0, 0.1) is 0 Å². The van der Waals surface area contributed by atoms with Crippen molar-refractivity contribution in [2.45, 2.75) is 17.2 Å². The summed E-state index contributed by atoms with van der Waals surface area (Å²) in [4.78, 5) is 0.652. The second-order valence-corrected chi connectivity index (χ2v) is 6.10. The van der Waals surface area contributed by atoms with E-state index in [1.165, 1.54) is 0 Å². The SMILES string of the molecule is COc1ccc(CS(=O)c2ccccc2Cl)cc1CN. The first kappa shape index (κ1) is 15.0. The highest BCUT2D eigenvalue weighted by molar-refractivity contribution is 7.84. The summed E-state index contributed by atoms with van der Waals surface area (Å²) in [5.41, 5.74) is 7.54. The smallest absolute Gasteiger partial charge is 0.123 e. The summed E-state index contributed by atoms with van der Waals surface area (Å²) in [6.07, 6.45) is 0. The van der Waals surface area contributed by atoms with Crippen molar-refractivity contribution in [3.63, 3.8) is 0 Å². The van der Waals surface area contributed by atoms with Gasteiger partial charge in [-0.3, -0.25) is 4.21 Å². The van der Waals surface area contributed by atoms with Crippen molar-refractivity contribution in [1.82, 2.24) is 0 Å². The molecule has 0 aliphatic rings. The van der Waals surface area contributed by atoms with Crippen LogP contribution < -0.4 is 10.5 Å². The monoisotopic (exact) mass is 309 g/mol. The largest absolute Gasteiger partial charge is 0.496 e. The van der Waals surface area contributed by atoms with Gasteiger partial charge in [0.2, 0.25) is 0 Å². The van der Waals surface area contributed by atoms with E-state index in [9.17, 15) is 4.21 Å². The Labute approximate surface area is 126 Å². The Hall–Kier alpha value is -1.36. The van der Waals surface area contributed by atoms with Gasteiger partial charge in [0.1, 0.15) is 5.75 Å². The molecular formula is C15H16ClNO2S. The molecule has 0 aromatic heterocycles. The van der Waals surface area contributed by atoms with Crippen LogP contribution in [0.3, 0.4) is 0 Å². The number of hydrogen-bond donors (Lipinski definition) is 1. The fraction of sp³-hybridized carbons (Fsp3) is 0.200. The van der Waals surface area contributed by atoms with Crippen molar-refractivity contribution in [3.05, 3.63) is 58.6 Å². The van der Waals surface area contributed by atoms with Gasteiger partial charge in [0.15, 0.2) is 0 Å². The quantitative estimate of drug-likeness (QED) is 0.923. The van der Waals surface area contributed by atoms with Crippen molar-refractivity contribution < 1.29 is 8.95 Å². The molecule has 0 fully saturated rings. The third-order valence-electron chi connectivity index (χ3n) is 2.94. The van der Waals surface area contributed by atoms with Gasteiger partial charge in [-0.25, -0.2) is 0 Å². The maximum absolute atomic E-state index is 12.4. The fourth-order valence-electron chi connectivity index (χ4n) is 1.94. The Morgan fingerprint density at radius 1 is 1.25 bits per heavy atom. The zero-order valence-corrected chi connectivity index (χ0v) is 12.7. The molecule has 0 heterocycles. The van der Waals surface area contributed by atoms with Crippen LogP contribution in [-0.4, -0.2) is 11.3 Å². The lowest BCUT2D eigenvalue weighted by molar-refractivity contribution is 0.409. The molecule has 20 heavy (non-hydrogen) atoms. The normalized spacial score (nSPS) is 12.2. The molecule has 0 amide bonds. The summed E-state index contributed by atoms with van der Waals surface area (Å²) < 4.78 is 17.6. The van der Waals surface area contributed by atoms with Crippen LogP contribution in [0.5, 0.6) is 5.75 Å². The first-order valence-corrected chi connectivity index (χ1v) is 7.84. The van der Waals surface area contributed by atoms with E-state index in [0.717, 1.165) is 16.9 Å². The van der Waals surface area contributed by atoms with E-state index in [1.54, 1.807) is 19.2 Å². The van der Waals surface area contributed by atoms with Crippen LogP contribution >= 0.6 is 11.6 Å². The summed E-state index contributed by atoms with van der Waals surface area (Å²) in [6, 6.07) is 12.9. The Morgan fingerprint density at radius 2 is 2.00 bits per heavy atom. The molecule has 2 rings (SSSR count). The van der Waals surface area contributed by atoms with Crippen molar-refractivity contribution in [2.24, 2.45) is 5.73 Å². The average molecular weight is 310 g/mol. The maximum Gasteiger partial charge on any atom is 0.123 e. The zero-order chi connectivity index (χ0) is 14.5. The maximum atomic E-state index is 12.4. The molecule has 0 spiro atoms. The van der Waals surface area contributed by atoms with Crippen LogP contribution in [0.4, 0.5) is 0 Å². The highest BCUT2D eigenvalue weighted by atomic mass is 35.5. The highest BCUT2D eigenvalue weighted by Crippen LogP contribution is 2.24. The number of hydrogen-bond acceptors (Lipinski definition) is 3. The third kappa shape index (κ3) is 3.39. The second-order valence-electron chi connectivity index (χ2n) is 4.27. The molecule has 3 nitrogen and oxygen atoms in total. The average Bonchev–Trinajstić information content (AvgIpc) is 2.47. The second kappa shape index (κ2) is 6.88. The number of halogens is 1. The van der Waals surface area contributed by atoms with E-state index in [2.05, 4.69) is 0 Å². The van der Waals surface area contributed by atoms with E-state index in [-0.39, 0.29) is 0 Å². The van der Waals surface area contributed by atoms with E-state index < -0.39 is 10.8 Å². The summed E-state index contributed by atoms with van der Waals surface area (Å²) in [6.45, 7) is 0.385. The van der Waals surface area contributed by atoms with E-state index in [1.807, 2.05) is 30.3 Å². The predicted molar refractivity (Wildman–Crippen MR) is 82.4 cm³/mol.